The second kappa shape index (κ2) is 7.22. The van der Waals surface area contributed by atoms with E-state index in [0.717, 1.165) is 12.8 Å². The van der Waals surface area contributed by atoms with Crippen LogP contribution in [0.15, 0.2) is 0 Å². The minimum absolute atomic E-state index is 0.167. The Bertz CT molecular complexity index is 294. The molecule has 0 heterocycles. The van der Waals surface area contributed by atoms with Crippen molar-refractivity contribution in [3.63, 3.8) is 0 Å². The van der Waals surface area contributed by atoms with Crippen LogP contribution < -0.4 is 11.5 Å². The van der Waals surface area contributed by atoms with Gasteiger partial charge in [-0.15, -0.1) is 0 Å². The van der Waals surface area contributed by atoms with Gasteiger partial charge < -0.3 is 21.3 Å². The molecule has 0 aromatic rings. The average Bonchev–Trinajstić information content (AvgIpc) is 2.66. The minimum atomic E-state index is -0.787. The SMILES string of the molecule is CCOC(=O)[C@@H]1C[C@H](N)[C@@H](C(N)C(CC)CC)[C@H]1O. The van der Waals surface area contributed by atoms with Gasteiger partial charge in [0, 0.05) is 18.0 Å². The highest BCUT2D eigenvalue weighted by Crippen LogP contribution is 2.36. The molecule has 0 aromatic carbocycles. The number of ether oxygens (including phenoxy) is 1. The quantitative estimate of drug-likeness (QED) is 0.616. The maximum absolute atomic E-state index is 11.8. The lowest BCUT2D eigenvalue weighted by atomic mass is 9.81. The molecule has 0 spiro atoms. The molecular formula is C14H28N2O3. The van der Waals surface area contributed by atoms with Gasteiger partial charge in [0.05, 0.1) is 18.6 Å². The van der Waals surface area contributed by atoms with Crippen LogP contribution in [-0.4, -0.2) is 35.9 Å². The zero-order valence-electron chi connectivity index (χ0n) is 12.2. The number of aliphatic hydroxyl groups is 1. The monoisotopic (exact) mass is 272 g/mol. The molecule has 5 N–H and O–H groups in total. The third-order valence-corrected chi connectivity index (χ3v) is 4.45. The topological polar surface area (TPSA) is 98.6 Å². The summed E-state index contributed by atoms with van der Waals surface area (Å²) in [7, 11) is 0. The molecule has 112 valence electrons. The fraction of sp³-hybridized carbons (Fsp3) is 0.929. The number of carbonyl (C=O) groups is 1. The Balaban J connectivity index is 2.77. The van der Waals surface area contributed by atoms with E-state index >= 15 is 0 Å². The summed E-state index contributed by atoms with van der Waals surface area (Å²) in [6.45, 7) is 6.25. The summed E-state index contributed by atoms with van der Waals surface area (Å²) in [5.74, 6) is -0.781. The van der Waals surface area contributed by atoms with Crippen molar-refractivity contribution in [2.24, 2.45) is 29.2 Å². The number of aliphatic hydroxyl groups excluding tert-OH is 1. The normalized spacial score (nSPS) is 32.6. The molecule has 1 saturated carbocycles. The minimum Gasteiger partial charge on any atom is -0.466 e. The molecule has 1 aliphatic rings. The molecule has 0 aromatic heterocycles. The molecule has 5 nitrogen and oxygen atoms in total. The molecule has 0 radical (unpaired) electrons. The Morgan fingerprint density at radius 2 is 1.95 bits per heavy atom. The Morgan fingerprint density at radius 1 is 1.37 bits per heavy atom. The average molecular weight is 272 g/mol. The van der Waals surface area contributed by atoms with E-state index in [1.807, 2.05) is 0 Å². The zero-order chi connectivity index (χ0) is 14.6. The van der Waals surface area contributed by atoms with Crippen molar-refractivity contribution in [1.82, 2.24) is 0 Å². The fourth-order valence-electron chi connectivity index (χ4n) is 3.26. The van der Waals surface area contributed by atoms with Crippen molar-refractivity contribution < 1.29 is 14.6 Å². The molecule has 5 heteroatoms. The summed E-state index contributed by atoms with van der Waals surface area (Å²) in [6, 6.07) is -0.403. The van der Waals surface area contributed by atoms with Crippen LogP contribution in [0.5, 0.6) is 0 Å². The molecule has 5 atom stereocenters. The summed E-state index contributed by atoms with van der Waals surface area (Å²) >= 11 is 0. The van der Waals surface area contributed by atoms with Crippen molar-refractivity contribution in [3.05, 3.63) is 0 Å². The lowest BCUT2D eigenvalue weighted by Crippen LogP contribution is -2.48. The molecular weight excluding hydrogens is 244 g/mol. The Hall–Kier alpha value is -0.650. The van der Waals surface area contributed by atoms with Gasteiger partial charge in [0.25, 0.3) is 0 Å². The van der Waals surface area contributed by atoms with Crippen LogP contribution >= 0.6 is 0 Å². The predicted molar refractivity (Wildman–Crippen MR) is 74.3 cm³/mol. The lowest BCUT2D eigenvalue weighted by Gasteiger charge is -2.32. The van der Waals surface area contributed by atoms with E-state index in [-0.39, 0.29) is 24.0 Å². The Kier molecular flexibility index (Phi) is 6.23. The van der Waals surface area contributed by atoms with Gasteiger partial charge in [-0.25, -0.2) is 0 Å². The van der Waals surface area contributed by atoms with Crippen LogP contribution in [0.1, 0.15) is 40.0 Å². The number of carbonyl (C=O) groups excluding carboxylic acids is 1. The van der Waals surface area contributed by atoms with Crippen LogP contribution in [0.2, 0.25) is 0 Å². The van der Waals surface area contributed by atoms with Gasteiger partial charge in [0.2, 0.25) is 0 Å². The number of hydrogen-bond acceptors (Lipinski definition) is 5. The molecule has 0 amide bonds. The van der Waals surface area contributed by atoms with Crippen molar-refractivity contribution in [2.75, 3.05) is 6.61 Å². The maximum Gasteiger partial charge on any atom is 0.311 e. The summed E-state index contributed by atoms with van der Waals surface area (Å²) in [5.41, 5.74) is 12.4. The fourth-order valence-corrected chi connectivity index (χ4v) is 3.26. The number of rotatable bonds is 6. The van der Waals surface area contributed by atoms with Crippen molar-refractivity contribution in [1.29, 1.82) is 0 Å². The van der Waals surface area contributed by atoms with Crippen LogP contribution in [0, 0.1) is 17.8 Å². The van der Waals surface area contributed by atoms with Crippen LogP contribution in [0.4, 0.5) is 0 Å². The third-order valence-electron chi connectivity index (χ3n) is 4.45. The number of nitrogens with two attached hydrogens (primary N) is 2. The lowest BCUT2D eigenvalue weighted by molar-refractivity contribution is -0.151. The molecule has 19 heavy (non-hydrogen) atoms. The molecule has 1 aliphatic carbocycles. The maximum atomic E-state index is 11.8. The third kappa shape index (κ3) is 3.46. The van der Waals surface area contributed by atoms with Gasteiger partial charge in [-0.1, -0.05) is 26.7 Å². The van der Waals surface area contributed by atoms with Crippen LogP contribution in [0.3, 0.4) is 0 Å². The molecule has 0 saturated heterocycles. The first-order valence-electron chi connectivity index (χ1n) is 7.33. The van der Waals surface area contributed by atoms with E-state index in [0.29, 0.717) is 18.9 Å². The smallest absolute Gasteiger partial charge is 0.311 e. The van der Waals surface area contributed by atoms with E-state index in [2.05, 4.69) is 13.8 Å². The van der Waals surface area contributed by atoms with Crippen molar-refractivity contribution in [2.45, 2.75) is 58.2 Å². The van der Waals surface area contributed by atoms with E-state index in [9.17, 15) is 9.90 Å². The highest BCUT2D eigenvalue weighted by atomic mass is 16.5. The summed E-state index contributed by atoms with van der Waals surface area (Å²) in [5, 5.41) is 10.4. The molecule has 1 fully saturated rings. The molecule has 0 aliphatic heterocycles. The molecule has 1 rings (SSSR count). The van der Waals surface area contributed by atoms with Crippen LogP contribution in [0.25, 0.3) is 0 Å². The highest BCUT2D eigenvalue weighted by Gasteiger charge is 2.48. The highest BCUT2D eigenvalue weighted by molar-refractivity contribution is 5.73. The molecule has 1 unspecified atom stereocenters. The van der Waals surface area contributed by atoms with Crippen LogP contribution in [-0.2, 0) is 9.53 Å². The van der Waals surface area contributed by atoms with Gasteiger partial charge in [-0.3, -0.25) is 4.79 Å². The van der Waals surface area contributed by atoms with Gasteiger partial charge in [-0.05, 0) is 19.3 Å². The Morgan fingerprint density at radius 3 is 2.42 bits per heavy atom. The summed E-state index contributed by atoms with van der Waals surface area (Å²) in [4.78, 5) is 11.8. The second-order valence-electron chi connectivity index (χ2n) is 5.48. The second-order valence-corrected chi connectivity index (χ2v) is 5.48. The summed E-state index contributed by atoms with van der Waals surface area (Å²) in [6.07, 6.45) is 1.58. The number of hydrogen-bond donors (Lipinski definition) is 3. The van der Waals surface area contributed by atoms with E-state index in [1.165, 1.54) is 0 Å². The van der Waals surface area contributed by atoms with Crippen molar-refractivity contribution in [3.8, 4) is 0 Å². The standard InChI is InChI=1S/C14H28N2O3/c1-4-8(5-2)12(16)11-10(15)7-9(13(11)17)14(18)19-6-3/h8-13,17H,4-7,15-16H2,1-3H3/t9-,10+,11+,12?,13+/m1/s1. The first-order valence-corrected chi connectivity index (χ1v) is 7.33. The van der Waals surface area contributed by atoms with Gasteiger partial charge in [0.1, 0.15) is 0 Å². The van der Waals surface area contributed by atoms with E-state index in [1.54, 1.807) is 6.92 Å². The zero-order valence-corrected chi connectivity index (χ0v) is 12.2. The first kappa shape index (κ1) is 16.4. The molecule has 0 bridgehead atoms. The van der Waals surface area contributed by atoms with E-state index in [4.69, 9.17) is 16.2 Å². The summed E-state index contributed by atoms with van der Waals surface area (Å²) < 4.78 is 4.99. The van der Waals surface area contributed by atoms with Gasteiger partial charge >= 0.3 is 5.97 Å². The van der Waals surface area contributed by atoms with Crippen molar-refractivity contribution >= 4 is 5.97 Å². The van der Waals surface area contributed by atoms with Gasteiger partial charge in [-0.2, -0.15) is 0 Å². The Labute approximate surface area is 115 Å². The van der Waals surface area contributed by atoms with Gasteiger partial charge in [0.15, 0.2) is 0 Å². The number of esters is 1. The van der Waals surface area contributed by atoms with E-state index < -0.39 is 12.0 Å². The largest absolute Gasteiger partial charge is 0.466 e. The predicted octanol–water partition coefficient (Wildman–Crippen LogP) is 0.637. The first-order chi connectivity index (χ1) is 8.97.